The molecule has 0 aliphatic rings. The molecule has 0 spiro atoms. The van der Waals surface area contributed by atoms with Crippen LogP contribution in [0, 0.1) is 0 Å². The quantitative estimate of drug-likeness (QED) is 0.645. The average molecular weight is 153 g/mol. The van der Waals surface area contributed by atoms with E-state index in [-0.39, 0.29) is 5.82 Å². The summed E-state index contributed by atoms with van der Waals surface area (Å²) >= 11 is 0. The van der Waals surface area contributed by atoms with Gasteiger partial charge >= 0.3 is 5.76 Å². The van der Waals surface area contributed by atoms with Crippen LogP contribution in [0.1, 0.15) is 25.6 Å². The van der Waals surface area contributed by atoms with Crippen LogP contribution >= 0.6 is 0 Å². The van der Waals surface area contributed by atoms with Gasteiger partial charge < -0.3 is 4.42 Å². The zero-order valence-electron chi connectivity index (χ0n) is 6.63. The van der Waals surface area contributed by atoms with Crippen LogP contribution in [0.5, 0.6) is 0 Å². The van der Waals surface area contributed by atoms with E-state index in [0.29, 0.717) is 5.89 Å². The van der Waals surface area contributed by atoms with Gasteiger partial charge in [-0.05, 0) is 0 Å². The fraction of sp³-hybridized carbons (Fsp3) is 0.667. The number of nitrogens with one attached hydrogen (secondary N) is 1. The summed E-state index contributed by atoms with van der Waals surface area (Å²) in [5, 5.41) is 5.91. The van der Waals surface area contributed by atoms with E-state index in [0.717, 1.165) is 6.32 Å². The van der Waals surface area contributed by atoms with Crippen LogP contribution in [0.25, 0.3) is 0 Å². The Morgan fingerprint density at radius 1 is 1.82 bits per heavy atom. The van der Waals surface area contributed by atoms with Crippen LogP contribution in [0.4, 0.5) is 0 Å². The predicted molar refractivity (Wildman–Crippen MR) is 41.8 cm³/mol. The maximum Gasteiger partial charge on any atom is 0.434 e. The molecule has 0 bridgehead atoms. The lowest BCUT2D eigenvalue weighted by molar-refractivity contribution is 0.461. The average Bonchev–Trinajstić information content (AvgIpc) is 2.36. The lowest BCUT2D eigenvalue weighted by Crippen LogP contribution is -2.02. The minimum absolute atomic E-state index is 0.110. The number of hydrogen-bond donors (Lipinski definition) is 1. The lowest BCUT2D eigenvalue weighted by Gasteiger charge is -1.99. The van der Waals surface area contributed by atoms with Crippen LogP contribution in [0.3, 0.4) is 0 Å². The first-order valence-electron chi connectivity index (χ1n) is 3.62. The van der Waals surface area contributed by atoms with Gasteiger partial charge in [-0.1, -0.05) is 20.2 Å². The number of aromatic amines is 1. The summed E-state index contributed by atoms with van der Waals surface area (Å²) in [6, 6.07) is 0. The fourth-order valence-corrected chi connectivity index (χ4v) is 0.890. The molecular weight excluding hydrogens is 143 g/mol. The monoisotopic (exact) mass is 153 g/mol. The van der Waals surface area contributed by atoms with Gasteiger partial charge in [-0.2, -0.15) is 0 Å². The summed E-state index contributed by atoms with van der Waals surface area (Å²) in [7, 11) is 2.03. The summed E-state index contributed by atoms with van der Waals surface area (Å²) in [6.45, 7) is 3.96. The molecule has 0 aliphatic carbocycles. The van der Waals surface area contributed by atoms with Crippen molar-refractivity contribution >= 4 is 7.28 Å². The number of rotatable bonds is 3. The Morgan fingerprint density at radius 2 is 2.55 bits per heavy atom. The third-order valence-corrected chi connectivity index (χ3v) is 1.43. The van der Waals surface area contributed by atoms with Crippen LogP contribution in [-0.4, -0.2) is 17.5 Å². The molecule has 1 heterocycles. The molecule has 0 amide bonds. The van der Waals surface area contributed by atoms with Crippen LogP contribution in [-0.2, 0) is 0 Å². The zero-order chi connectivity index (χ0) is 8.27. The molecule has 4 nitrogen and oxygen atoms in total. The maximum absolute atomic E-state index is 10.5. The molecule has 0 saturated carbocycles. The Kier molecular flexibility index (Phi) is 2.51. The second-order valence-electron chi connectivity index (χ2n) is 2.38. The van der Waals surface area contributed by atoms with Gasteiger partial charge in [-0.25, -0.2) is 9.89 Å². The van der Waals surface area contributed by atoms with Gasteiger partial charge in [0.1, 0.15) is 7.28 Å². The van der Waals surface area contributed by atoms with E-state index < -0.39 is 5.76 Å². The molecule has 1 N–H and O–H groups in total. The van der Waals surface area contributed by atoms with E-state index in [9.17, 15) is 4.79 Å². The van der Waals surface area contributed by atoms with Crippen molar-refractivity contribution in [3.8, 4) is 0 Å². The van der Waals surface area contributed by atoms with E-state index in [1.807, 2.05) is 21.1 Å². The normalized spacial score (nSPS) is 12.9. The Morgan fingerprint density at radius 3 is 3.00 bits per heavy atom. The lowest BCUT2D eigenvalue weighted by atomic mass is 9.63. The summed E-state index contributed by atoms with van der Waals surface area (Å²) in [4.78, 5) is 10.5. The van der Waals surface area contributed by atoms with Gasteiger partial charge in [0.15, 0.2) is 0 Å². The summed E-state index contributed by atoms with van der Waals surface area (Å²) in [5.41, 5.74) is 0. The van der Waals surface area contributed by atoms with Gasteiger partial charge in [-0.15, -0.1) is 5.10 Å². The zero-order valence-corrected chi connectivity index (χ0v) is 6.63. The molecule has 1 rings (SSSR count). The predicted octanol–water partition coefficient (Wildman–Crippen LogP) is 0.566. The maximum atomic E-state index is 10.5. The highest BCUT2D eigenvalue weighted by Gasteiger charge is 2.10. The molecule has 1 atom stereocenters. The minimum Gasteiger partial charge on any atom is -0.393 e. The molecule has 0 fully saturated rings. The highest BCUT2D eigenvalue weighted by atomic mass is 16.4. The molecule has 5 heteroatoms. The SMILES string of the molecule is CC[B]C(C)c1n[nH]c(=O)o1. The van der Waals surface area contributed by atoms with Gasteiger partial charge in [-0.3, -0.25) is 0 Å². The van der Waals surface area contributed by atoms with Gasteiger partial charge in [0.05, 0.1) is 0 Å². The van der Waals surface area contributed by atoms with Gasteiger partial charge in [0.25, 0.3) is 0 Å². The molecule has 11 heavy (non-hydrogen) atoms. The van der Waals surface area contributed by atoms with Crippen molar-refractivity contribution in [2.24, 2.45) is 0 Å². The number of hydrogen-bond acceptors (Lipinski definition) is 3. The summed E-state index contributed by atoms with van der Waals surface area (Å²) in [6.07, 6.45) is 0.942. The molecular formula is C6H10BN2O2. The third kappa shape index (κ3) is 1.96. The Bertz CT molecular complexity index is 268. The summed E-state index contributed by atoms with van der Waals surface area (Å²) in [5.74, 6) is 0.0761. The van der Waals surface area contributed by atoms with Crippen molar-refractivity contribution in [2.75, 3.05) is 0 Å². The number of nitrogens with zero attached hydrogens (tertiary/aromatic N) is 1. The van der Waals surface area contributed by atoms with Crippen molar-refractivity contribution in [2.45, 2.75) is 26.0 Å². The Balaban J connectivity index is 2.68. The Labute approximate surface area is 65.2 Å². The van der Waals surface area contributed by atoms with Crippen LogP contribution in [0.2, 0.25) is 6.32 Å². The summed E-state index contributed by atoms with van der Waals surface area (Å²) < 4.78 is 4.74. The van der Waals surface area contributed by atoms with Crippen LogP contribution in [0.15, 0.2) is 9.21 Å². The minimum atomic E-state index is -0.489. The second-order valence-corrected chi connectivity index (χ2v) is 2.38. The fourth-order valence-electron chi connectivity index (χ4n) is 0.890. The van der Waals surface area contributed by atoms with E-state index in [4.69, 9.17) is 4.42 Å². The van der Waals surface area contributed by atoms with Crippen molar-refractivity contribution < 1.29 is 4.42 Å². The largest absolute Gasteiger partial charge is 0.434 e. The molecule has 0 saturated heterocycles. The first-order valence-corrected chi connectivity index (χ1v) is 3.62. The molecule has 0 aliphatic heterocycles. The smallest absolute Gasteiger partial charge is 0.393 e. The molecule has 1 aromatic heterocycles. The van der Waals surface area contributed by atoms with Crippen molar-refractivity contribution in [3.05, 3.63) is 16.4 Å². The molecule has 1 radical (unpaired) electrons. The highest BCUT2D eigenvalue weighted by molar-refractivity contribution is 6.37. The first kappa shape index (κ1) is 8.10. The third-order valence-electron chi connectivity index (χ3n) is 1.43. The molecule has 1 aromatic rings. The van der Waals surface area contributed by atoms with Crippen molar-refractivity contribution in [3.63, 3.8) is 0 Å². The molecule has 1 unspecified atom stereocenters. The van der Waals surface area contributed by atoms with Gasteiger partial charge in [0, 0.05) is 5.82 Å². The highest BCUT2D eigenvalue weighted by Crippen LogP contribution is 2.08. The topological polar surface area (TPSA) is 58.9 Å². The molecule has 0 aromatic carbocycles. The number of H-pyrrole nitrogens is 1. The van der Waals surface area contributed by atoms with Crippen LogP contribution < -0.4 is 5.76 Å². The van der Waals surface area contributed by atoms with E-state index in [1.54, 1.807) is 0 Å². The molecule has 59 valence electrons. The van der Waals surface area contributed by atoms with E-state index in [2.05, 4.69) is 10.2 Å². The second kappa shape index (κ2) is 3.41. The van der Waals surface area contributed by atoms with Crippen molar-refractivity contribution in [1.82, 2.24) is 10.2 Å². The van der Waals surface area contributed by atoms with Crippen molar-refractivity contribution in [1.29, 1.82) is 0 Å². The van der Waals surface area contributed by atoms with Gasteiger partial charge in [0.2, 0.25) is 5.89 Å². The van der Waals surface area contributed by atoms with E-state index >= 15 is 0 Å². The Hall–Kier alpha value is -0.995. The van der Waals surface area contributed by atoms with E-state index in [1.165, 1.54) is 0 Å². The standard InChI is InChI=1S/C6H10BN2O2/c1-3-7-4(2)5-8-9-6(10)11-5/h4H,3H2,1-2H3,(H,9,10). The number of aromatic nitrogens is 2. The first-order chi connectivity index (χ1) is 5.24.